The van der Waals surface area contributed by atoms with Crippen LogP contribution in [0.4, 0.5) is 0 Å². The van der Waals surface area contributed by atoms with Gasteiger partial charge in [-0.05, 0) is 37.1 Å². The fraction of sp³-hybridized carbons (Fsp3) is 0.222. The van der Waals surface area contributed by atoms with E-state index >= 15 is 0 Å². The van der Waals surface area contributed by atoms with Crippen LogP contribution >= 0.6 is 15.9 Å². The lowest BCUT2D eigenvalue weighted by Crippen LogP contribution is -1.89. The van der Waals surface area contributed by atoms with Crippen LogP contribution in [0, 0.1) is 25.4 Å². The molecule has 0 aliphatic carbocycles. The van der Waals surface area contributed by atoms with Crippen LogP contribution in [0.1, 0.15) is 11.1 Å². The Morgan fingerprint density at radius 2 is 1.83 bits per heavy atom. The molecule has 0 bridgehead atoms. The lowest BCUT2D eigenvalue weighted by molar-refractivity contribution is 0.499. The molecule has 0 saturated carbocycles. The van der Waals surface area contributed by atoms with Gasteiger partial charge in [0.25, 0.3) is 6.26 Å². The monoisotopic (exact) mass is 225 g/mol. The van der Waals surface area contributed by atoms with Crippen LogP contribution in [0.3, 0.4) is 0 Å². The highest BCUT2D eigenvalue weighted by Crippen LogP contribution is 2.26. The second-order valence-corrected chi connectivity index (χ2v) is 3.48. The quantitative estimate of drug-likeness (QED) is 0.689. The van der Waals surface area contributed by atoms with Gasteiger partial charge in [-0.3, -0.25) is 0 Å². The minimum atomic E-state index is 0.653. The van der Waals surface area contributed by atoms with E-state index in [4.69, 9.17) is 10.00 Å². The van der Waals surface area contributed by atoms with Crippen molar-refractivity contribution in [3.63, 3.8) is 0 Å². The number of hydrogen-bond acceptors (Lipinski definition) is 2. The molecule has 1 aromatic rings. The summed E-state index contributed by atoms with van der Waals surface area (Å²) in [6.07, 6.45) is 1.67. The predicted octanol–water partition coefficient (Wildman–Crippen LogP) is 2.93. The Balaban J connectivity index is 3.21. The average Bonchev–Trinajstić information content (AvgIpc) is 1.96. The number of benzene rings is 1. The highest BCUT2D eigenvalue weighted by Gasteiger charge is 2.04. The maximum Gasteiger partial charge on any atom is 0.292 e. The molecule has 0 radical (unpaired) electrons. The van der Waals surface area contributed by atoms with E-state index in [1.165, 1.54) is 0 Å². The number of nitriles is 1. The molecule has 0 fully saturated rings. The van der Waals surface area contributed by atoms with Gasteiger partial charge < -0.3 is 4.74 Å². The fourth-order valence-corrected chi connectivity index (χ4v) is 1.79. The largest absolute Gasteiger partial charge is 0.387 e. The summed E-state index contributed by atoms with van der Waals surface area (Å²) in [5, 5.41) is 8.35. The fourth-order valence-electron chi connectivity index (χ4n) is 1.10. The van der Waals surface area contributed by atoms with E-state index < -0.39 is 0 Å². The summed E-state index contributed by atoms with van der Waals surface area (Å²) in [5.41, 5.74) is 1.92. The smallest absolute Gasteiger partial charge is 0.292 e. The molecule has 0 heterocycles. The Hall–Kier alpha value is -1.01. The van der Waals surface area contributed by atoms with Crippen molar-refractivity contribution in [2.24, 2.45) is 0 Å². The standard InChI is InChI=1S/C9H8BrNO/c1-6-3-8(10)4-7(2)9(6)12-5-11/h3-4H,1-2H3. The molecule has 0 aromatic heterocycles. The summed E-state index contributed by atoms with van der Waals surface area (Å²) in [5.74, 6) is 0.653. The zero-order chi connectivity index (χ0) is 9.14. The van der Waals surface area contributed by atoms with E-state index in [0.29, 0.717) is 5.75 Å². The summed E-state index contributed by atoms with van der Waals surface area (Å²) in [6, 6.07) is 3.83. The van der Waals surface area contributed by atoms with Crippen molar-refractivity contribution in [2.75, 3.05) is 0 Å². The first kappa shape index (κ1) is 9.08. The van der Waals surface area contributed by atoms with Gasteiger partial charge in [0.15, 0.2) is 0 Å². The van der Waals surface area contributed by atoms with Crippen molar-refractivity contribution >= 4 is 15.9 Å². The van der Waals surface area contributed by atoms with E-state index in [1.807, 2.05) is 26.0 Å². The van der Waals surface area contributed by atoms with Gasteiger partial charge in [-0.2, -0.15) is 0 Å². The Labute approximate surface area is 79.9 Å². The number of hydrogen-bond donors (Lipinski definition) is 0. The summed E-state index contributed by atoms with van der Waals surface area (Å²) in [4.78, 5) is 0. The Bertz CT molecular complexity index is 318. The molecular weight excluding hydrogens is 218 g/mol. The zero-order valence-corrected chi connectivity index (χ0v) is 8.47. The molecule has 2 nitrogen and oxygen atoms in total. The lowest BCUT2D eigenvalue weighted by Gasteiger charge is -2.05. The first-order chi connectivity index (χ1) is 5.65. The van der Waals surface area contributed by atoms with Crippen molar-refractivity contribution in [3.05, 3.63) is 27.7 Å². The number of nitrogens with zero attached hydrogens (tertiary/aromatic N) is 1. The van der Waals surface area contributed by atoms with Gasteiger partial charge in [-0.1, -0.05) is 15.9 Å². The van der Waals surface area contributed by atoms with Crippen molar-refractivity contribution < 1.29 is 4.74 Å². The van der Waals surface area contributed by atoms with Crippen LogP contribution in [0.25, 0.3) is 0 Å². The predicted molar refractivity (Wildman–Crippen MR) is 49.9 cm³/mol. The van der Waals surface area contributed by atoms with Crippen molar-refractivity contribution in [2.45, 2.75) is 13.8 Å². The van der Waals surface area contributed by atoms with Gasteiger partial charge in [0.05, 0.1) is 0 Å². The SMILES string of the molecule is Cc1cc(Br)cc(C)c1OC#N. The number of rotatable bonds is 1. The van der Waals surface area contributed by atoms with E-state index in [2.05, 4.69) is 15.9 Å². The van der Waals surface area contributed by atoms with Gasteiger partial charge in [0.1, 0.15) is 5.75 Å². The second-order valence-electron chi connectivity index (χ2n) is 2.56. The number of ether oxygens (including phenoxy) is 1. The summed E-state index contributed by atoms with van der Waals surface area (Å²) in [7, 11) is 0. The molecule has 12 heavy (non-hydrogen) atoms. The van der Waals surface area contributed by atoms with Gasteiger partial charge in [-0.25, -0.2) is 0 Å². The maximum absolute atomic E-state index is 8.35. The maximum atomic E-state index is 8.35. The van der Waals surface area contributed by atoms with Gasteiger partial charge in [0.2, 0.25) is 0 Å². The minimum Gasteiger partial charge on any atom is -0.387 e. The molecule has 0 aliphatic heterocycles. The van der Waals surface area contributed by atoms with Gasteiger partial charge in [0, 0.05) is 4.47 Å². The number of aryl methyl sites for hydroxylation is 2. The molecule has 0 aliphatic rings. The summed E-state index contributed by atoms with van der Waals surface area (Å²) >= 11 is 3.36. The molecule has 0 amide bonds. The molecular formula is C9H8BrNO. The second kappa shape index (κ2) is 3.59. The Morgan fingerprint density at radius 1 is 1.33 bits per heavy atom. The molecule has 1 rings (SSSR count). The highest BCUT2D eigenvalue weighted by molar-refractivity contribution is 9.10. The molecule has 0 N–H and O–H groups in total. The van der Waals surface area contributed by atoms with Crippen LogP contribution in [0.5, 0.6) is 5.75 Å². The average molecular weight is 226 g/mol. The van der Waals surface area contributed by atoms with Crippen molar-refractivity contribution in [1.29, 1.82) is 5.26 Å². The highest BCUT2D eigenvalue weighted by atomic mass is 79.9. The molecule has 0 saturated heterocycles. The lowest BCUT2D eigenvalue weighted by atomic mass is 10.1. The molecule has 0 spiro atoms. The van der Waals surface area contributed by atoms with Crippen LogP contribution in [0.2, 0.25) is 0 Å². The van der Waals surface area contributed by atoms with Crippen LogP contribution in [-0.2, 0) is 0 Å². The first-order valence-corrected chi connectivity index (χ1v) is 4.27. The van der Waals surface area contributed by atoms with Crippen LogP contribution in [-0.4, -0.2) is 0 Å². The van der Waals surface area contributed by atoms with Crippen LogP contribution in [0.15, 0.2) is 16.6 Å². The van der Waals surface area contributed by atoms with E-state index in [0.717, 1.165) is 15.6 Å². The third-order valence-electron chi connectivity index (χ3n) is 1.57. The van der Waals surface area contributed by atoms with Crippen molar-refractivity contribution in [3.8, 4) is 12.0 Å². The molecule has 0 unspecified atom stereocenters. The van der Waals surface area contributed by atoms with Gasteiger partial charge >= 0.3 is 0 Å². The van der Waals surface area contributed by atoms with Gasteiger partial charge in [-0.15, -0.1) is 5.26 Å². The summed E-state index contributed by atoms with van der Waals surface area (Å²) in [6.45, 7) is 3.81. The third-order valence-corrected chi connectivity index (χ3v) is 2.03. The normalized spacial score (nSPS) is 9.17. The van der Waals surface area contributed by atoms with E-state index in [-0.39, 0.29) is 0 Å². The molecule has 0 atom stereocenters. The molecule has 1 aromatic carbocycles. The summed E-state index contributed by atoms with van der Waals surface area (Å²) < 4.78 is 5.81. The van der Waals surface area contributed by atoms with Crippen LogP contribution < -0.4 is 4.74 Å². The zero-order valence-electron chi connectivity index (χ0n) is 6.89. The Morgan fingerprint density at radius 3 is 2.25 bits per heavy atom. The number of halogens is 1. The van der Waals surface area contributed by atoms with E-state index in [1.54, 1.807) is 6.26 Å². The molecule has 3 heteroatoms. The molecule has 62 valence electrons. The third kappa shape index (κ3) is 1.77. The van der Waals surface area contributed by atoms with Crippen molar-refractivity contribution in [1.82, 2.24) is 0 Å². The van der Waals surface area contributed by atoms with E-state index in [9.17, 15) is 0 Å². The topological polar surface area (TPSA) is 33.0 Å². The minimum absolute atomic E-state index is 0.653. The first-order valence-electron chi connectivity index (χ1n) is 3.48. The Kier molecular flexibility index (Phi) is 2.72.